The molecule has 0 bridgehead atoms. The van der Waals surface area contributed by atoms with Crippen molar-refractivity contribution in [3.63, 3.8) is 0 Å². The second-order valence-electron chi connectivity index (χ2n) is 8.55. The Morgan fingerprint density at radius 1 is 1.03 bits per heavy atom. The Bertz CT molecular complexity index is 902. The zero-order valence-electron chi connectivity index (χ0n) is 16.8. The highest BCUT2D eigenvalue weighted by Gasteiger charge is 2.40. The van der Waals surface area contributed by atoms with Crippen LogP contribution in [0, 0.1) is 0 Å². The number of carbonyl (C=O) groups is 2. The lowest BCUT2D eigenvalue weighted by molar-refractivity contribution is -0.132. The van der Waals surface area contributed by atoms with Gasteiger partial charge in [-0.25, -0.2) is 4.79 Å². The Morgan fingerprint density at radius 3 is 2.72 bits per heavy atom. The SMILES string of the molecule is O=C1C[C@@H]2CCCN2C(=O)N1CCCN1CCC(c2noc3ccccc23)CC1. The van der Waals surface area contributed by atoms with Gasteiger partial charge in [0.15, 0.2) is 5.58 Å². The maximum absolute atomic E-state index is 12.6. The van der Waals surface area contributed by atoms with Crippen molar-refractivity contribution in [3.8, 4) is 0 Å². The first-order valence-corrected chi connectivity index (χ1v) is 10.9. The van der Waals surface area contributed by atoms with E-state index in [4.69, 9.17) is 4.52 Å². The topological polar surface area (TPSA) is 69.9 Å². The second-order valence-corrected chi connectivity index (χ2v) is 8.55. The molecule has 29 heavy (non-hydrogen) atoms. The maximum Gasteiger partial charge on any atom is 0.326 e. The van der Waals surface area contributed by atoms with Crippen molar-refractivity contribution in [3.05, 3.63) is 30.0 Å². The number of carbonyl (C=O) groups excluding carboxylic acids is 2. The lowest BCUT2D eigenvalue weighted by Crippen LogP contribution is -2.55. The van der Waals surface area contributed by atoms with Crippen LogP contribution >= 0.6 is 0 Å². The number of hydrogen-bond acceptors (Lipinski definition) is 5. The summed E-state index contributed by atoms with van der Waals surface area (Å²) >= 11 is 0. The van der Waals surface area contributed by atoms with E-state index in [1.165, 1.54) is 4.90 Å². The van der Waals surface area contributed by atoms with Gasteiger partial charge in [0.25, 0.3) is 0 Å². The number of urea groups is 1. The summed E-state index contributed by atoms with van der Waals surface area (Å²) in [6, 6.07) is 8.14. The van der Waals surface area contributed by atoms with Crippen molar-refractivity contribution in [1.82, 2.24) is 19.9 Å². The molecule has 3 saturated heterocycles. The zero-order valence-corrected chi connectivity index (χ0v) is 16.8. The molecule has 1 aromatic heterocycles. The van der Waals surface area contributed by atoms with Crippen molar-refractivity contribution in [2.45, 2.75) is 50.5 Å². The summed E-state index contributed by atoms with van der Waals surface area (Å²) in [6.07, 6.45) is 5.46. The summed E-state index contributed by atoms with van der Waals surface area (Å²) in [6.45, 7) is 4.29. The first kappa shape index (κ1) is 18.6. The normalized spacial score (nSPS) is 23.9. The van der Waals surface area contributed by atoms with Crippen LogP contribution in [0.2, 0.25) is 0 Å². The summed E-state index contributed by atoms with van der Waals surface area (Å²) < 4.78 is 5.47. The quantitative estimate of drug-likeness (QED) is 0.776. The second kappa shape index (κ2) is 7.78. The van der Waals surface area contributed by atoms with Crippen LogP contribution in [0.25, 0.3) is 11.0 Å². The third-order valence-electron chi connectivity index (χ3n) is 6.80. The first-order chi connectivity index (χ1) is 14.2. The van der Waals surface area contributed by atoms with E-state index in [1.807, 2.05) is 23.1 Å². The number of benzene rings is 1. The van der Waals surface area contributed by atoms with Crippen molar-refractivity contribution < 1.29 is 14.1 Å². The fourth-order valence-corrected chi connectivity index (χ4v) is 5.18. The number of nitrogens with zero attached hydrogens (tertiary/aromatic N) is 4. The maximum atomic E-state index is 12.6. The molecule has 3 amide bonds. The fraction of sp³-hybridized carbons (Fsp3) is 0.591. The highest BCUT2D eigenvalue weighted by atomic mass is 16.5. The number of likely N-dealkylation sites (tertiary alicyclic amines) is 1. The third kappa shape index (κ3) is 3.52. The Kier molecular flexibility index (Phi) is 4.99. The molecule has 7 nitrogen and oxygen atoms in total. The van der Waals surface area contributed by atoms with Gasteiger partial charge >= 0.3 is 6.03 Å². The fourth-order valence-electron chi connectivity index (χ4n) is 5.18. The molecule has 0 N–H and O–H groups in total. The van der Waals surface area contributed by atoms with Gasteiger partial charge in [-0.05, 0) is 63.9 Å². The summed E-state index contributed by atoms with van der Waals surface area (Å²) in [7, 11) is 0. The van der Waals surface area contributed by atoms with Crippen molar-refractivity contribution in [2.24, 2.45) is 0 Å². The molecule has 0 aliphatic carbocycles. The summed E-state index contributed by atoms with van der Waals surface area (Å²) in [5.41, 5.74) is 1.95. The van der Waals surface area contributed by atoms with Crippen LogP contribution < -0.4 is 0 Å². The van der Waals surface area contributed by atoms with Crippen molar-refractivity contribution in [2.75, 3.05) is 32.7 Å². The zero-order chi connectivity index (χ0) is 19.8. The summed E-state index contributed by atoms with van der Waals surface area (Å²) in [4.78, 5) is 30.8. The first-order valence-electron chi connectivity index (χ1n) is 10.9. The van der Waals surface area contributed by atoms with Crippen LogP contribution in [-0.4, -0.2) is 70.6 Å². The van der Waals surface area contributed by atoms with Gasteiger partial charge in [-0.3, -0.25) is 9.69 Å². The smallest absolute Gasteiger partial charge is 0.326 e. The number of hydrogen-bond donors (Lipinski definition) is 0. The van der Waals surface area contributed by atoms with Crippen LogP contribution in [0.4, 0.5) is 4.79 Å². The number of rotatable bonds is 5. The molecule has 3 fully saturated rings. The highest BCUT2D eigenvalue weighted by molar-refractivity contribution is 5.97. The predicted octanol–water partition coefficient (Wildman–Crippen LogP) is 3.21. The van der Waals surface area contributed by atoms with E-state index < -0.39 is 0 Å². The largest absolute Gasteiger partial charge is 0.356 e. The molecule has 5 rings (SSSR count). The van der Waals surface area contributed by atoms with Crippen LogP contribution in [-0.2, 0) is 4.79 Å². The minimum atomic E-state index is -0.0691. The Labute approximate surface area is 170 Å². The summed E-state index contributed by atoms with van der Waals surface area (Å²) in [5, 5.41) is 5.46. The lowest BCUT2D eigenvalue weighted by Gasteiger charge is -2.37. The van der Waals surface area contributed by atoms with Gasteiger partial charge in [-0.1, -0.05) is 17.3 Å². The van der Waals surface area contributed by atoms with Crippen molar-refractivity contribution >= 4 is 22.9 Å². The summed E-state index contributed by atoms with van der Waals surface area (Å²) in [5.74, 6) is 0.446. The Morgan fingerprint density at radius 2 is 1.86 bits per heavy atom. The van der Waals surface area contributed by atoms with Gasteiger partial charge in [-0.15, -0.1) is 0 Å². The molecule has 3 aliphatic rings. The van der Waals surface area contributed by atoms with Gasteiger partial charge < -0.3 is 14.3 Å². The third-order valence-corrected chi connectivity index (χ3v) is 6.80. The van der Waals surface area contributed by atoms with Crippen molar-refractivity contribution in [1.29, 1.82) is 0 Å². The van der Waals surface area contributed by atoms with Gasteiger partial charge in [0.2, 0.25) is 5.91 Å². The van der Waals surface area contributed by atoms with Crippen LogP contribution in [0.15, 0.2) is 28.8 Å². The Hall–Kier alpha value is -2.41. The number of aromatic nitrogens is 1. The van der Waals surface area contributed by atoms with Gasteiger partial charge in [0.1, 0.15) is 0 Å². The van der Waals surface area contributed by atoms with E-state index in [0.717, 1.165) is 74.9 Å². The molecular formula is C22H28N4O3. The number of imide groups is 1. The minimum Gasteiger partial charge on any atom is -0.356 e. The average Bonchev–Trinajstić information content (AvgIpc) is 3.38. The van der Waals surface area contributed by atoms with Gasteiger partial charge in [-0.2, -0.15) is 0 Å². The average molecular weight is 396 g/mol. The molecule has 1 atom stereocenters. The molecule has 154 valence electrons. The molecule has 0 radical (unpaired) electrons. The lowest BCUT2D eigenvalue weighted by atomic mass is 9.91. The highest BCUT2D eigenvalue weighted by Crippen LogP contribution is 2.32. The van der Waals surface area contributed by atoms with E-state index in [1.54, 1.807) is 0 Å². The van der Waals surface area contributed by atoms with E-state index in [0.29, 0.717) is 18.9 Å². The molecule has 1 aromatic carbocycles. The number of amides is 3. The molecule has 4 heterocycles. The van der Waals surface area contributed by atoms with E-state index in [9.17, 15) is 9.59 Å². The van der Waals surface area contributed by atoms with E-state index in [-0.39, 0.29) is 18.0 Å². The van der Waals surface area contributed by atoms with Crippen LogP contribution in [0.5, 0.6) is 0 Å². The number of para-hydroxylation sites is 1. The molecular weight excluding hydrogens is 368 g/mol. The van der Waals surface area contributed by atoms with Gasteiger partial charge in [0.05, 0.1) is 5.69 Å². The van der Waals surface area contributed by atoms with E-state index >= 15 is 0 Å². The van der Waals surface area contributed by atoms with Gasteiger partial charge in [0, 0.05) is 36.9 Å². The monoisotopic (exact) mass is 396 g/mol. The molecule has 2 aromatic rings. The minimum absolute atomic E-state index is 0.00904. The van der Waals surface area contributed by atoms with Crippen LogP contribution in [0.3, 0.4) is 0 Å². The van der Waals surface area contributed by atoms with E-state index in [2.05, 4.69) is 16.1 Å². The predicted molar refractivity (Wildman–Crippen MR) is 108 cm³/mol. The number of piperidine rings is 1. The molecule has 3 aliphatic heterocycles. The number of fused-ring (bicyclic) bond motifs is 2. The Balaban J connectivity index is 1.11. The molecule has 7 heteroatoms. The molecule has 0 saturated carbocycles. The molecule has 0 unspecified atom stereocenters. The van der Waals surface area contributed by atoms with Crippen LogP contribution in [0.1, 0.15) is 50.1 Å². The standard InChI is InChI=1S/C22H28N4O3/c27-20-15-17-5-3-11-25(17)22(28)26(20)12-4-10-24-13-8-16(9-14-24)21-18-6-1-2-7-19(18)29-23-21/h1-2,6-7,16-17H,3-5,8-15H2/t17-/m0/s1. The molecule has 0 spiro atoms.